The molecule has 0 heterocycles. The Kier molecular flexibility index (Phi) is 6.10. The first-order valence-electron chi connectivity index (χ1n) is 5.39. The summed E-state index contributed by atoms with van der Waals surface area (Å²) in [5, 5.41) is 22.5. The van der Waals surface area contributed by atoms with Crippen LogP contribution in [0.3, 0.4) is 0 Å². The van der Waals surface area contributed by atoms with Gasteiger partial charge in [-0.3, -0.25) is 10.1 Å². The monoisotopic (exact) mass is 302 g/mol. The summed E-state index contributed by atoms with van der Waals surface area (Å²) in [6.07, 6.45) is 1.67. The largest absolute Gasteiger partial charge is 0.396 e. The van der Waals surface area contributed by atoms with Crippen molar-refractivity contribution in [1.82, 2.24) is 5.32 Å². The summed E-state index contributed by atoms with van der Waals surface area (Å²) in [7, 11) is 0. The summed E-state index contributed by atoms with van der Waals surface area (Å²) >= 11 is 3.14. The van der Waals surface area contributed by atoms with Gasteiger partial charge in [-0.25, -0.2) is 0 Å². The molecular weight excluding hydrogens is 288 g/mol. The first kappa shape index (κ1) is 14.1. The molecule has 0 unspecified atom stereocenters. The summed E-state index contributed by atoms with van der Waals surface area (Å²) in [4.78, 5) is 10.3. The third kappa shape index (κ3) is 4.80. The van der Waals surface area contributed by atoms with Crippen molar-refractivity contribution in [3.8, 4) is 0 Å². The molecule has 0 aliphatic carbocycles. The molecular formula is C11H15BrN2O3. The standard InChI is InChI=1S/C11H15BrN2O3/c12-10-4-3-9(7-11(10)14(16)17)8-13-5-1-2-6-15/h3-4,7,13,15H,1-2,5-6,8H2. The van der Waals surface area contributed by atoms with Gasteiger partial charge in [0.25, 0.3) is 5.69 Å². The second-order valence-electron chi connectivity index (χ2n) is 3.65. The van der Waals surface area contributed by atoms with E-state index >= 15 is 0 Å². The van der Waals surface area contributed by atoms with E-state index < -0.39 is 4.92 Å². The van der Waals surface area contributed by atoms with Crippen LogP contribution in [0.1, 0.15) is 18.4 Å². The molecule has 0 spiro atoms. The summed E-state index contributed by atoms with van der Waals surface area (Å²) in [6.45, 7) is 1.59. The Labute approximate surface area is 108 Å². The van der Waals surface area contributed by atoms with Crippen LogP contribution in [0, 0.1) is 10.1 Å². The second-order valence-corrected chi connectivity index (χ2v) is 4.50. The number of hydrogen-bond donors (Lipinski definition) is 2. The fourth-order valence-corrected chi connectivity index (χ4v) is 1.79. The maximum Gasteiger partial charge on any atom is 0.283 e. The van der Waals surface area contributed by atoms with E-state index in [1.165, 1.54) is 0 Å². The lowest BCUT2D eigenvalue weighted by atomic mass is 10.2. The molecule has 2 N–H and O–H groups in total. The van der Waals surface area contributed by atoms with Crippen molar-refractivity contribution in [2.75, 3.05) is 13.2 Å². The number of nitrogens with one attached hydrogen (secondary N) is 1. The zero-order chi connectivity index (χ0) is 12.7. The van der Waals surface area contributed by atoms with E-state index in [0.29, 0.717) is 11.0 Å². The summed E-state index contributed by atoms with van der Waals surface area (Å²) in [5.74, 6) is 0. The van der Waals surface area contributed by atoms with E-state index in [1.54, 1.807) is 12.1 Å². The van der Waals surface area contributed by atoms with E-state index in [0.717, 1.165) is 24.9 Å². The number of rotatable bonds is 7. The average Bonchev–Trinajstić information content (AvgIpc) is 2.30. The molecule has 0 amide bonds. The fraction of sp³-hybridized carbons (Fsp3) is 0.455. The lowest BCUT2D eigenvalue weighted by molar-refractivity contribution is -0.385. The molecule has 0 aliphatic heterocycles. The van der Waals surface area contributed by atoms with Crippen molar-refractivity contribution in [3.05, 3.63) is 38.3 Å². The third-order valence-electron chi connectivity index (χ3n) is 2.30. The molecule has 1 aromatic rings. The molecule has 6 heteroatoms. The Morgan fingerprint density at radius 3 is 2.82 bits per heavy atom. The van der Waals surface area contributed by atoms with Crippen LogP contribution in [-0.4, -0.2) is 23.2 Å². The number of nitro groups is 1. The number of aliphatic hydroxyl groups is 1. The number of halogens is 1. The van der Waals surface area contributed by atoms with E-state index in [4.69, 9.17) is 5.11 Å². The highest BCUT2D eigenvalue weighted by atomic mass is 79.9. The molecule has 0 atom stereocenters. The van der Waals surface area contributed by atoms with Gasteiger partial charge in [0.1, 0.15) is 0 Å². The molecule has 0 aliphatic rings. The van der Waals surface area contributed by atoms with Gasteiger partial charge in [-0.2, -0.15) is 0 Å². The zero-order valence-electron chi connectivity index (χ0n) is 9.36. The Hall–Kier alpha value is -0.980. The molecule has 0 saturated heterocycles. The van der Waals surface area contributed by atoms with Crippen molar-refractivity contribution in [1.29, 1.82) is 0 Å². The van der Waals surface area contributed by atoms with Crippen LogP contribution >= 0.6 is 15.9 Å². The molecule has 0 saturated carbocycles. The predicted molar refractivity (Wildman–Crippen MR) is 68.8 cm³/mol. The van der Waals surface area contributed by atoms with Crippen LogP contribution in [0.2, 0.25) is 0 Å². The first-order valence-corrected chi connectivity index (χ1v) is 6.19. The molecule has 1 rings (SSSR count). The molecule has 0 fully saturated rings. The fourth-order valence-electron chi connectivity index (χ4n) is 1.40. The van der Waals surface area contributed by atoms with Crippen molar-refractivity contribution < 1.29 is 10.0 Å². The molecule has 1 aromatic carbocycles. The lowest BCUT2D eigenvalue weighted by Gasteiger charge is -2.05. The van der Waals surface area contributed by atoms with Gasteiger partial charge in [-0.1, -0.05) is 6.07 Å². The average molecular weight is 303 g/mol. The SMILES string of the molecule is O=[N+]([O-])c1cc(CNCCCCO)ccc1Br. The minimum absolute atomic E-state index is 0.0830. The van der Waals surface area contributed by atoms with Crippen LogP contribution in [0.15, 0.2) is 22.7 Å². The van der Waals surface area contributed by atoms with Gasteiger partial charge in [0, 0.05) is 19.2 Å². The number of nitro benzene ring substituents is 1. The topological polar surface area (TPSA) is 75.4 Å². The number of unbranched alkanes of at least 4 members (excludes halogenated alkanes) is 1. The highest BCUT2D eigenvalue weighted by molar-refractivity contribution is 9.10. The maximum absolute atomic E-state index is 10.7. The Morgan fingerprint density at radius 1 is 1.41 bits per heavy atom. The Bertz CT molecular complexity index is 385. The zero-order valence-corrected chi connectivity index (χ0v) is 10.9. The van der Waals surface area contributed by atoms with Gasteiger partial charge < -0.3 is 10.4 Å². The van der Waals surface area contributed by atoms with E-state index in [2.05, 4.69) is 21.2 Å². The van der Waals surface area contributed by atoms with Crippen LogP contribution < -0.4 is 5.32 Å². The molecule has 0 aromatic heterocycles. The van der Waals surface area contributed by atoms with Gasteiger partial charge in [0.2, 0.25) is 0 Å². The predicted octanol–water partition coefficient (Wildman–Crippen LogP) is 2.22. The van der Waals surface area contributed by atoms with Gasteiger partial charge in [-0.15, -0.1) is 0 Å². The third-order valence-corrected chi connectivity index (χ3v) is 2.97. The molecule has 94 valence electrons. The summed E-state index contributed by atoms with van der Waals surface area (Å²) in [5.41, 5.74) is 0.962. The Balaban J connectivity index is 2.49. The van der Waals surface area contributed by atoms with Gasteiger partial charge in [-0.05, 0) is 46.9 Å². The summed E-state index contributed by atoms with van der Waals surface area (Å²) in [6, 6.07) is 5.09. The van der Waals surface area contributed by atoms with Crippen molar-refractivity contribution in [2.45, 2.75) is 19.4 Å². The van der Waals surface area contributed by atoms with Crippen LogP contribution in [0.5, 0.6) is 0 Å². The minimum atomic E-state index is -0.403. The smallest absolute Gasteiger partial charge is 0.283 e. The molecule has 17 heavy (non-hydrogen) atoms. The van der Waals surface area contributed by atoms with Crippen molar-refractivity contribution >= 4 is 21.6 Å². The maximum atomic E-state index is 10.7. The Morgan fingerprint density at radius 2 is 2.18 bits per heavy atom. The minimum Gasteiger partial charge on any atom is -0.396 e. The number of hydrogen-bond acceptors (Lipinski definition) is 4. The quantitative estimate of drug-likeness (QED) is 0.460. The van der Waals surface area contributed by atoms with Crippen LogP contribution in [0.25, 0.3) is 0 Å². The highest BCUT2D eigenvalue weighted by Crippen LogP contribution is 2.25. The summed E-state index contributed by atoms with van der Waals surface area (Å²) < 4.78 is 0.492. The molecule has 0 bridgehead atoms. The van der Waals surface area contributed by atoms with Gasteiger partial charge in [0.05, 0.1) is 9.40 Å². The second kappa shape index (κ2) is 7.37. The number of nitrogens with zero attached hydrogens (tertiary/aromatic N) is 1. The van der Waals surface area contributed by atoms with Crippen molar-refractivity contribution in [3.63, 3.8) is 0 Å². The van der Waals surface area contributed by atoms with Gasteiger partial charge in [0.15, 0.2) is 0 Å². The first-order chi connectivity index (χ1) is 8.15. The van der Waals surface area contributed by atoms with Crippen molar-refractivity contribution in [2.24, 2.45) is 0 Å². The van der Waals surface area contributed by atoms with E-state index in [9.17, 15) is 10.1 Å². The van der Waals surface area contributed by atoms with Crippen LogP contribution in [0.4, 0.5) is 5.69 Å². The van der Waals surface area contributed by atoms with Gasteiger partial charge >= 0.3 is 0 Å². The highest BCUT2D eigenvalue weighted by Gasteiger charge is 2.11. The van der Waals surface area contributed by atoms with Crippen LogP contribution in [-0.2, 0) is 6.54 Å². The molecule has 0 radical (unpaired) electrons. The number of aliphatic hydroxyl groups excluding tert-OH is 1. The number of benzene rings is 1. The normalized spacial score (nSPS) is 10.5. The lowest BCUT2D eigenvalue weighted by Crippen LogP contribution is -2.15. The van der Waals surface area contributed by atoms with E-state index in [1.807, 2.05) is 6.07 Å². The molecule has 5 nitrogen and oxygen atoms in total. The van der Waals surface area contributed by atoms with E-state index in [-0.39, 0.29) is 12.3 Å².